The summed E-state index contributed by atoms with van der Waals surface area (Å²) in [5, 5.41) is 8.10. The van der Waals surface area contributed by atoms with Crippen LogP contribution in [0.1, 0.15) is 16.1 Å². The lowest BCUT2D eigenvalue weighted by molar-refractivity contribution is 0.101. The Balaban J connectivity index is 1.57. The Morgan fingerprint density at radius 2 is 1.96 bits per heavy atom. The maximum absolute atomic E-state index is 12.4. The Bertz CT molecular complexity index is 1090. The SMILES string of the molecule is Cc1ccc2nc(-c3ccc(NC(=O)c4c(Cl)cnn4C)cc3)sc2c1. The molecule has 0 unspecified atom stereocenters. The molecule has 0 aliphatic rings. The number of amides is 1. The minimum absolute atomic E-state index is 0.293. The van der Waals surface area contributed by atoms with E-state index in [4.69, 9.17) is 11.6 Å². The van der Waals surface area contributed by atoms with Crippen molar-refractivity contribution >= 4 is 44.7 Å². The van der Waals surface area contributed by atoms with Crippen molar-refractivity contribution in [3.63, 3.8) is 0 Å². The number of carbonyl (C=O) groups is 1. The van der Waals surface area contributed by atoms with Crippen LogP contribution in [0.3, 0.4) is 0 Å². The van der Waals surface area contributed by atoms with Crippen molar-refractivity contribution in [3.05, 3.63) is 64.9 Å². The average molecular weight is 383 g/mol. The molecule has 1 amide bonds. The molecule has 2 heterocycles. The number of hydrogen-bond acceptors (Lipinski definition) is 4. The number of fused-ring (bicyclic) bond motifs is 1. The van der Waals surface area contributed by atoms with Crippen molar-refractivity contribution in [1.82, 2.24) is 14.8 Å². The van der Waals surface area contributed by atoms with Gasteiger partial charge in [0.25, 0.3) is 5.91 Å². The Morgan fingerprint density at radius 3 is 2.65 bits per heavy atom. The number of rotatable bonds is 3. The van der Waals surface area contributed by atoms with Gasteiger partial charge in [-0.2, -0.15) is 5.10 Å². The van der Waals surface area contributed by atoms with Crippen molar-refractivity contribution in [2.45, 2.75) is 6.92 Å². The third-order valence-electron chi connectivity index (χ3n) is 4.04. The molecule has 0 bridgehead atoms. The summed E-state index contributed by atoms with van der Waals surface area (Å²) in [7, 11) is 1.68. The Hall–Kier alpha value is -2.70. The predicted octanol–water partition coefficient (Wildman–Crippen LogP) is 4.91. The van der Waals surface area contributed by atoms with Crippen LogP contribution in [0.4, 0.5) is 5.69 Å². The molecule has 2 aromatic heterocycles. The topological polar surface area (TPSA) is 59.8 Å². The quantitative estimate of drug-likeness (QED) is 0.547. The van der Waals surface area contributed by atoms with E-state index in [2.05, 4.69) is 34.5 Å². The van der Waals surface area contributed by atoms with Crippen LogP contribution in [-0.2, 0) is 7.05 Å². The lowest BCUT2D eigenvalue weighted by Gasteiger charge is -2.06. The Morgan fingerprint density at radius 1 is 1.19 bits per heavy atom. The van der Waals surface area contributed by atoms with Gasteiger partial charge in [0.1, 0.15) is 10.7 Å². The molecule has 4 rings (SSSR count). The summed E-state index contributed by atoms with van der Waals surface area (Å²) in [5.74, 6) is -0.293. The van der Waals surface area contributed by atoms with E-state index in [1.54, 1.807) is 18.4 Å². The van der Waals surface area contributed by atoms with Gasteiger partial charge in [-0.05, 0) is 48.9 Å². The summed E-state index contributed by atoms with van der Waals surface area (Å²) in [6.45, 7) is 2.07. The summed E-state index contributed by atoms with van der Waals surface area (Å²) < 4.78 is 2.62. The summed E-state index contributed by atoms with van der Waals surface area (Å²) in [4.78, 5) is 17.0. The van der Waals surface area contributed by atoms with Crippen molar-refractivity contribution in [1.29, 1.82) is 0 Å². The zero-order valence-corrected chi connectivity index (χ0v) is 15.7. The summed E-state index contributed by atoms with van der Waals surface area (Å²) >= 11 is 7.67. The lowest BCUT2D eigenvalue weighted by Crippen LogP contribution is -2.16. The zero-order valence-electron chi connectivity index (χ0n) is 14.2. The number of thiazole rings is 1. The Labute approximate surface area is 159 Å². The number of aryl methyl sites for hydroxylation is 2. The highest BCUT2D eigenvalue weighted by Crippen LogP contribution is 2.31. The van der Waals surface area contributed by atoms with E-state index in [0.717, 1.165) is 16.1 Å². The molecule has 7 heteroatoms. The fourth-order valence-electron chi connectivity index (χ4n) is 2.71. The second-order valence-corrected chi connectivity index (χ2v) is 7.42. The Kier molecular flexibility index (Phi) is 4.22. The smallest absolute Gasteiger partial charge is 0.275 e. The number of aromatic nitrogens is 3. The molecule has 0 saturated heterocycles. The monoisotopic (exact) mass is 382 g/mol. The largest absolute Gasteiger partial charge is 0.321 e. The van der Waals surface area contributed by atoms with Crippen molar-refractivity contribution in [3.8, 4) is 10.6 Å². The van der Waals surface area contributed by atoms with E-state index >= 15 is 0 Å². The van der Waals surface area contributed by atoms with E-state index < -0.39 is 0 Å². The number of hydrogen-bond donors (Lipinski definition) is 1. The van der Waals surface area contributed by atoms with Gasteiger partial charge in [0, 0.05) is 18.3 Å². The molecule has 2 aromatic carbocycles. The van der Waals surface area contributed by atoms with E-state index in [1.807, 2.05) is 30.3 Å². The normalized spacial score (nSPS) is 11.0. The van der Waals surface area contributed by atoms with Crippen LogP contribution >= 0.6 is 22.9 Å². The minimum atomic E-state index is -0.293. The first-order valence-electron chi connectivity index (χ1n) is 7.98. The van der Waals surface area contributed by atoms with Crippen molar-refractivity contribution in [2.75, 3.05) is 5.32 Å². The molecule has 26 heavy (non-hydrogen) atoms. The first-order valence-corrected chi connectivity index (χ1v) is 9.17. The summed E-state index contributed by atoms with van der Waals surface area (Å²) in [6, 6.07) is 13.9. The van der Waals surface area contributed by atoms with Crippen molar-refractivity contribution < 1.29 is 4.79 Å². The minimum Gasteiger partial charge on any atom is -0.321 e. The summed E-state index contributed by atoms with van der Waals surface area (Å²) in [5.41, 5.74) is 4.25. The number of anilines is 1. The van der Waals surface area contributed by atoms with E-state index in [9.17, 15) is 4.79 Å². The van der Waals surface area contributed by atoms with Crippen LogP contribution in [0, 0.1) is 6.92 Å². The van der Waals surface area contributed by atoms with E-state index in [1.165, 1.54) is 21.1 Å². The van der Waals surface area contributed by atoms with E-state index in [0.29, 0.717) is 16.4 Å². The molecule has 4 aromatic rings. The van der Waals surface area contributed by atoms with Crippen LogP contribution in [0.2, 0.25) is 5.02 Å². The molecule has 5 nitrogen and oxygen atoms in total. The van der Waals surface area contributed by atoms with Gasteiger partial charge < -0.3 is 5.32 Å². The van der Waals surface area contributed by atoms with Crippen LogP contribution in [0.5, 0.6) is 0 Å². The van der Waals surface area contributed by atoms with Crippen LogP contribution in [0.25, 0.3) is 20.8 Å². The van der Waals surface area contributed by atoms with Crippen LogP contribution < -0.4 is 5.32 Å². The van der Waals surface area contributed by atoms with Crippen LogP contribution in [-0.4, -0.2) is 20.7 Å². The maximum Gasteiger partial charge on any atom is 0.275 e. The number of benzene rings is 2. The molecule has 0 spiro atoms. The number of nitrogens with zero attached hydrogens (tertiary/aromatic N) is 3. The summed E-state index contributed by atoms with van der Waals surface area (Å²) in [6.07, 6.45) is 1.45. The lowest BCUT2D eigenvalue weighted by atomic mass is 10.2. The standard InChI is InChI=1S/C19H15ClN4OS/c1-11-3-8-15-16(9-11)26-19(23-15)12-4-6-13(7-5-12)22-18(25)17-14(20)10-21-24(17)2/h3-10H,1-2H3,(H,22,25). The van der Waals surface area contributed by atoms with Gasteiger partial charge in [0.2, 0.25) is 0 Å². The second-order valence-electron chi connectivity index (χ2n) is 5.99. The third-order valence-corrected chi connectivity index (χ3v) is 5.39. The third kappa shape index (κ3) is 3.09. The molecule has 0 saturated carbocycles. The molecule has 0 aliphatic heterocycles. The molecule has 0 fully saturated rings. The molecule has 0 atom stereocenters. The van der Waals surface area contributed by atoms with Gasteiger partial charge in [0.15, 0.2) is 0 Å². The molecule has 0 radical (unpaired) electrons. The molecule has 1 N–H and O–H groups in total. The molecular weight excluding hydrogens is 368 g/mol. The number of nitrogens with one attached hydrogen (secondary N) is 1. The zero-order chi connectivity index (χ0) is 18.3. The highest BCUT2D eigenvalue weighted by atomic mass is 35.5. The van der Waals surface area contributed by atoms with E-state index in [-0.39, 0.29) is 5.91 Å². The molecule has 0 aliphatic carbocycles. The highest BCUT2D eigenvalue weighted by molar-refractivity contribution is 7.21. The van der Waals surface area contributed by atoms with Gasteiger partial charge in [0.05, 0.1) is 21.4 Å². The predicted molar refractivity (Wildman–Crippen MR) is 106 cm³/mol. The fourth-order valence-corrected chi connectivity index (χ4v) is 4.03. The second kappa shape index (κ2) is 6.55. The van der Waals surface area contributed by atoms with Gasteiger partial charge in [-0.15, -0.1) is 11.3 Å². The molecule has 130 valence electrons. The number of halogens is 1. The molecular formula is C19H15ClN4OS. The first kappa shape index (κ1) is 16.8. The van der Waals surface area contributed by atoms with Gasteiger partial charge in [-0.3, -0.25) is 9.48 Å². The van der Waals surface area contributed by atoms with Gasteiger partial charge in [-0.25, -0.2) is 4.98 Å². The highest BCUT2D eigenvalue weighted by Gasteiger charge is 2.16. The first-order chi connectivity index (χ1) is 12.5. The fraction of sp³-hybridized carbons (Fsp3) is 0.105. The van der Waals surface area contributed by atoms with Gasteiger partial charge >= 0.3 is 0 Å². The maximum atomic E-state index is 12.4. The average Bonchev–Trinajstić information content (AvgIpc) is 3.18. The number of carbonyl (C=O) groups excluding carboxylic acids is 1. The van der Waals surface area contributed by atoms with Gasteiger partial charge in [-0.1, -0.05) is 17.7 Å². The van der Waals surface area contributed by atoms with Crippen LogP contribution in [0.15, 0.2) is 48.7 Å². The van der Waals surface area contributed by atoms with Crippen molar-refractivity contribution in [2.24, 2.45) is 7.05 Å².